The van der Waals surface area contributed by atoms with Crippen LogP contribution in [0.1, 0.15) is 64.7 Å². The first-order chi connectivity index (χ1) is 9.63. The zero-order valence-corrected chi connectivity index (χ0v) is 12.5. The van der Waals surface area contributed by atoms with Crippen LogP contribution in [0.3, 0.4) is 0 Å². The Morgan fingerprint density at radius 2 is 1.85 bits per heavy atom. The van der Waals surface area contributed by atoms with Gasteiger partial charge in [-0.1, -0.05) is 26.2 Å². The topological polar surface area (TPSA) is 55.4 Å². The van der Waals surface area contributed by atoms with Gasteiger partial charge in [0.15, 0.2) is 0 Å². The highest BCUT2D eigenvalue weighted by Crippen LogP contribution is 2.30. The minimum Gasteiger partial charge on any atom is -0.465 e. The van der Waals surface area contributed by atoms with Gasteiger partial charge in [0.25, 0.3) is 0 Å². The average Bonchev–Trinajstić information content (AvgIpc) is 3.05. The molecular formula is C16H27NO3. The van der Waals surface area contributed by atoms with E-state index in [9.17, 15) is 9.59 Å². The van der Waals surface area contributed by atoms with Crippen molar-refractivity contribution in [3.63, 3.8) is 0 Å². The molecule has 0 aromatic carbocycles. The van der Waals surface area contributed by atoms with Crippen LogP contribution >= 0.6 is 0 Å². The van der Waals surface area contributed by atoms with E-state index in [-0.39, 0.29) is 24.7 Å². The van der Waals surface area contributed by atoms with E-state index in [0.29, 0.717) is 18.6 Å². The number of amides is 1. The zero-order valence-electron chi connectivity index (χ0n) is 12.5. The van der Waals surface area contributed by atoms with Gasteiger partial charge in [-0.25, -0.2) is 0 Å². The number of carbonyl (C=O) groups excluding carboxylic acids is 2. The Labute approximate surface area is 121 Å². The van der Waals surface area contributed by atoms with Gasteiger partial charge in [-0.2, -0.15) is 0 Å². The number of nitrogens with one attached hydrogen (secondary N) is 1. The van der Waals surface area contributed by atoms with Crippen molar-refractivity contribution in [1.82, 2.24) is 5.32 Å². The monoisotopic (exact) mass is 281 g/mol. The molecule has 2 atom stereocenters. The predicted molar refractivity (Wildman–Crippen MR) is 77.1 cm³/mol. The molecule has 0 aromatic rings. The highest BCUT2D eigenvalue weighted by atomic mass is 16.5. The Morgan fingerprint density at radius 3 is 2.50 bits per heavy atom. The molecule has 0 saturated heterocycles. The molecule has 2 aliphatic carbocycles. The van der Waals surface area contributed by atoms with Gasteiger partial charge < -0.3 is 10.1 Å². The van der Waals surface area contributed by atoms with Crippen LogP contribution in [0.4, 0.5) is 0 Å². The molecule has 20 heavy (non-hydrogen) atoms. The zero-order chi connectivity index (χ0) is 14.4. The Morgan fingerprint density at radius 1 is 1.10 bits per heavy atom. The van der Waals surface area contributed by atoms with Gasteiger partial charge >= 0.3 is 5.97 Å². The molecule has 0 aliphatic heterocycles. The summed E-state index contributed by atoms with van der Waals surface area (Å²) in [5.41, 5.74) is 0. The first-order valence-corrected chi connectivity index (χ1v) is 8.08. The van der Waals surface area contributed by atoms with Crippen molar-refractivity contribution in [2.24, 2.45) is 11.8 Å². The van der Waals surface area contributed by atoms with E-state index >= 15 is 0 Å². The Bertz CT molecular complexity index is 337. The number of carbonyl (C=O) groups is 2. The quantitative estimate of drug-likeness (QED) is 0.762. The largest absolute Gasteiger partial charge is 0.465 e. The molecule has 0 aromatic heterocycles. The van der Waals surface area contributed by atoms with Gasteiger partial charge in [0.05, 0.1) is 13.0 Å². The molecule has 2 rings (SSSR count). The van der Waals surface area contributed by atoms with Crippen molar-refractivity contribution in [3.05, 3.63) is 0 Å². The van der Waals surface area contributed by atoms with Crippen LogP contribution in [0.25, 0.3) is 0 Å². The van der Waals surface area contributed by atoms with E-state index in [1.807, 2.05) is 0 Å². The minimum absolute atomic E-state index is 0.0108. The minimum atomic E-state index is -0.230. The van der Waals surface area contributed by atoms with Crippen molar-refractivity contribution in [3.8, 4) is 0 Å². The fourth-order valence-electron chi connectivity index (χ4n) is 3.34. The third kappa shape index (κ3) is 5.14. The molecule has 4 heteroatoms. The number of ether oxygens (including phenoxy) is 1. The standard InChI is InChI=1S/C16H27NO3/c1-12-6-7-13(10-12)11-20-16(19)9-8-15(18)17-14-4-2-3-5-14/h12-14H,2-11H2,1H3,(H,17,18)/t12-,13?/m1/s1. The van der Waals surface area contributed by atoms with E-state index in [1.54, 1.807) is 0 Å². The predicted octanol–water partition coefficient (Wildman–Crippen LogP) is 2.80. The molecule has 2 saturated carbocycles. The van der Waals surface area contributed by atoms with E-state index < -0.39 is 0 Å². The van der Waals surface area contributed by atoms with Gasteiger partial charge in [-0.05, 0) is 37.5 Å². The molecule has 0 bridgehead atoms. The number of esters is 1. The lowest BCUT2D eigenvalue weighted by Crippen LogP contribution is -2.32. The molecule has 1 N–H and O–H groups in total. The Hall–Kier alpha value is -1.06. The van der Waals surface area contributed by atoms with Gasteiger partial charge in [0.2, 0.25) is 5.91 Å². The summed E-state index contributed by atoms with van der Waals surface area (Å²) >= 11 is 0. The SMILES string of the molecule is C[C@@H]1CCC(COC(=O)CCC(=O)NC2CCCC2)C1. The smallest absolute Gasteiger partial charge is 0.306 e. The second kappa shape index (κ2) is 7.65. The first kappa shape index (κ1) is 15.3. The molecule has 0 radical (unpaired) electrons. The van der Waals surface area contributed by atoms with Gasteiger partial charge in [-0.15, -0.1) is 0 Å². The molecule has 2 fully saturated rings. The van der Waals surface area contributed by atoms with Crippen molar-refractivity contribution in [1.29, 1.82) is 0 Å². The summed E-state index contributed by atoms with van der Waals surface area (Å²) in [4.78, 5) is 23.3. The van der Waals surface area contributed by atoms with E-state index in [0.717, 1.165) is 31.6 Å². The van der Waals surface area contributed by atoms with Crippen molar-refractivity contribution in [2.45, 2.75) is 70.8 Å². The van der Waals surface area contributed by atoms with Gasteiger partial charge in [0.1, 0.15) is 0 Å². The van der Waals surface area contributed by atoms with Gasteiger partial charge in [0, 0.05) is 12.5 Å². The van der Waals surface area contributed by atoms with Crippen LogP contribution in [-0.2, 0) is 14.3 Å². The summed E-state index contributed by atoms with van der Waals surface area (Å²) in [6.45, 7) is 2.78. The average molecular weight is 281 g/mol. The summed E-state index contributed by atoms with van der Waals surface area (Å²) in [7, 11) is 0. The lowest BCUT2D eigenvalue weighted by atomic mass is 10.1. The second-order valence-corrected chi connectivity index (χ2v) is 6.52. The van der Waals surface area contributed by atoms with Crippen LogP contribution in [0.2, 0.25) is 0 Å². The van der Waals surface area contributed by atoms with Crippen molar-refractivity contribution in [2.75, 3.05) is 6.61 Å². The molecule has 1 amide bonds. The first-order valence-electron chi connectivity index (χ1n) is 8.08. The maximum Gasteiger partial charge on any atom is 0.306 e. The second-order valence-electron chi connectivity index (χ2n) is 6.52. The summed E-state index contributed by atoms with van der Waals surface area (Å²) in [6, 6.07) is 0.332. The van der Waals surface area contributed by atoms with Crippen LogP contribution in [0.15, 0.2) is 0 Å². The van der Waals surface area contributed by atoms with Crippen molar-refractivity contribution >= 4 is 11.9 Å². The third-order valence-corrected chi connectivity index (χ3v) is 4.56. The molecule has 114 valence electrons. The highest BCUT2D eigenvalue weighted by Gasteiger charge is 2.23. The Kier molecular flexibility index (Phi) is 5.86. The van der Waals surface area contributed by atoms with E-state index in [4.69, 9.17) is 4.74 Å². The molecule has 1 unspecified atom stereocenters. The van der Waals surface area contributed by atoms with Crippen LogP contribution in [-0.4, -0.2) is 24.5 Å². The lowest BCUT2D eigenvalue weighted by Gasteiger charge is -2.12. The van der Waals surface area contributed by atoms with Gasteiger partial charge in [-0.3, -0.25) is 9.59 Å². The molecule has 0 spiro atoms. The number of hydrogen-bond donors (Lipinski definition) is 1. The number of rotatable bonds is 6. The maximum absolute atomic E-state index is 11.7. The fraction of sp³-hybridized carbons (Fsp3) is 0.875. The molecule has 0 heterocycles. The summed E-state index contributed by atoms with van der Waals surface area (Å²) in [6.07, 6.45) is 8.60. The Balaban J connectivity index is 1.54. The van der Waals surface area contributed by atoms with Crippen LogP contribution < -0.4 is 5.32 Å². The fourth-order valence-corrected chi connectivity index (χ4v) is 3.34. The van der Waals surface area contributed by atoms with Crippen LogP contribution in [0, 0.1) is 11.8 Å². The normalized spacial score (nSPS) is 26.6. The summed E-state index contributed by atoms with van der Waals surface area (Å²) in [5, 5.41) is 2.99. The maximum atomic E-state index is 11.7. The molecule has 4 nitrogen and oxygen atoms in total. The van der Waals surface area contributed by atoms with E-state index in [1.165, 1.54) is 19.3 Å². The van der Waals surface area contributed by atoms with Crippen molar-refractivity contribution < 1.29 is 14.3 Å². The lowest BCUT2D eigenvalue weighted by molar-refractivity contribution is -0.146. The van der Waals surface area contributed by atoms with E-state index in [2.05, 4.69) is 12.2 Å². The highest BCUT2D eigenvalue weighted by molar-refractivity contribution is 5.81. The molecule has 2 aliphatic rings. The summed E-state index contributed by atoms with van der Waals surface area (Å²) < 4.78 is 5.28. The summed E-state index contributed by atoms with van der Waals surface area (Å²) in [5.74, 6) is 1.05. The van der Waals surface area contributed by atoms with Crippen LogP contribution in [0.5, 0.6) is 0 Å². The third-order valence-electron chi connectivity index (χ3n) is 4.56. The number of hydrogen-bond acceptors (Lipinski definition) is 3. The molecular weight excluding hydrogens is 254 g/mol.